The van der Waals surface area contributed by atoms with Crippen LogP contribution in [0.2, 0.25) is 0 Å². The summed E-state index contributed by atoms with van der Waals surface area (Å²) in [4.78, 5) is 66.0. The van der Waals surface area contributed by atoms with E-state index in [4.69, 9.17) is 46.4 Å². The highest BCUT2D eigenvalue weighted by Gasteiger charge is 2.39. The molecule has 0 bridgehead atoms. The first-order valence-electron chi connectivity index (χ1n) is 24.5. The lowest BCUT2D eigenvalue weighted by atomic mass is 10.0. The monoisotopic (exact) mass is 1080 g/mol. The number of methoxy groups -OCH3 is 3. The summed E-state index contributed by atoms with van der Waals surface area (Å²) in [5, 5.41) is 18.5. The molecule has 1 aliphatic rings. The molecule has 0 spiro atoms. The van der Waals surface area contributed by atoms with Gasteiger partial charge in [-0.3, -0.25) is 23.6 Å². The summed E-state index contributed by atoms with van der Waals surface area (Å²) < 4.78 is 121. The van der Waals surface area contributed by atoms with Gasteiger partial charge in [-0.05, 0) is 77.3 Å². The standard InChI is InChI=1S/C15H27F3N2O4.C13H28N2O3.C9H11F3N2O4.C6H15NO2.CH3F.CH4O/c1-12(6-3-4-7-20-14(22)15(16,17)18)13(21)19-8-5-9-24-11-10-23-2;1-12(6-3-4-7-14)13(16)15-8-5-9-18-11-10-17-2;10-9(11,12)7(16)13-4-2-1-3-5-6(15)18-8(17)14-5;1-8-5-6-9-4-2-3-7;2*1-2/h12H,3-11H2,1-2H3,(H,19,21)(H,20,22);12H,3-11,14H2,1-2H3,(H,15,16);5H,1-4H2,(H,13,16)(H,14,17);2-7H2,1H3;1H3;2H,1H3/i;;;;1D;. The Hall–Kier alpha value is -4.03. The molecule has 73 heavy (non-hydrogen) atoms. The number of unbranched alkanes of at least 4 members (excludes halogenated alkanes) is 3. The Morgan fingerprint density at radius 1 is 0.603 bits per heavy atom. The number of rotatable bonds is 36. The van der Waals surface area contributed by atoms with E-state index in [0.717, 1.165) is 45.8 Å². The molecular formula is C45H88F7N7O14. The van der Waals surface area contributed by atoms with Crippen molar-refractivity contribution >= 4 is 35.7 Å². The molecule has 0 aromatic heterocycles. The van der Waals surface area contributed by atoms with Crippen molar-refractivity contribution in [3.63, 3.8) is 0 Å². The summed E-state index contributed by atoms with van der Waals surface area (Å²) in [6.07, 6.45) is -2.76. The number of cyclic esters (lactones) is 2. The highest BCUT2D eigenvalue weighted by atomic mass is 19.4. The van der Waals surface area contributed by atoms with Gasteiger partial charge in [0.25, 0.3) is 0 Å². The van der Waals surface area contributed by atoms with Crippen molar-refractivity contribution in [3.05, 3.63) is 0 Å². The van der Waals surface area contributed by atoms with Gasteiger partial charge in [-0.15, -0.1) is 0 Å². The predicted octanol–water partition coefficient (Wildman–Crippen LogP) is 3.22. The maximum absolute atomic E-state index is 11.9. The molecule has 3 unspecified atom stereocenters. The van der Waals surface area contributed by atoms with E-state index in [0.29, 0.717) is 111 Å². The summed E-state index contributed by atoms with van der Waals surface area (Å²) in [7, 11) is 4.90. The minimum absolute atomic E-state index is 0.0501. The van der Waals surface area contributed by atoms with Gasteiger partial charge in [0.05, 0.1) is 48.2 Å². The lowest BCUT2D eigenvalue weighted by Gasteiger charge is -2.12. The zero-order valence-electron chi connectivity index (χ0n) is 44.6. The van der Waals surface area contributed by atoms with Gasteiger partial charge in [0.15, 0.2) is 0 Å². The number of hydrogen-bond acceptors (Lipinski definition) is 16. The number of aliphatic hydroxyl groups excluding tert-OH is 1. The molecule has 0 aliphatic carbocycles. The molecule has 0 saturated carbocycles. The van der Waals surface area contributed by atoms with Gasteiger partial charge in [0.2, 0.25) is 11.8 Å². The Bertz CT molecular complexity index is 1350. The molecule has 1 aliphatic heterocycles. The van der Waals surface area contributed by atoms with Crippen LogP contribution in [0, 0.1) is 11.8 Å². The van der Waals surface area contributed by atoms with Gasteiger partial charge in [-0.25, -0.2) is 9.59 Å². The van der Waals surface area contributed by atoms with Crippen LogP contribution in [0.3, 0.4) is 0 Å². The number of ether oxygens (including phenoxy) is 7. The van der Waals surface area contributed by atoms with E-state index in [-0.39, 0.29) is 49.6 Å². The fourth-order valence-corrected chi connectivity index (χ4v) is 5.13. The molecule has 0 aromatic rings. The molecule has 28 heteroatoms. The molecule has 0 aromatic carbocycles. The molecule has 21 nitrogen and oxygen atoms in total. The fourth-order valence-electron chi connectivity index (χ4n) is 5.13. The summed E-state index contributed by atoms with van der Waals surface area (Å²) in [6.45, 7) is 11.7. The molecule has 1 rings (SSSR count). The van der Waals surface area contributed by atoms with Crippen molar-refractivity contribution in [3.8, 4) is 0 Å². The number of esters is 1. The number of nitrogens with one attached hydrogen (secondary N) is 5. The van der Waals surface area contributed by atoms with Gasteiger partial charge in [0, 0.05) is 86.3 Å². The van der Waals surface area contributed by atoms with Crippen LogP contribution in [0.1, 0.15) is 92.3 Å². The number of aliphatic hydroxyl groups is 1. The minimum atomic E-state index is -4.89. The highest BCUT2D eigenvalue weighted by Crippen LogP contribution is 2.15. The van der Waals surface area contributed by atoms with Crippen LogP contribution in [0.5, 0.6) is 0 Å². The largest absolute Gasteiger partial charge is 0.471 e. The number of halogens is 7. The highest BCUT2D eigenvalue weighted by molar-refractivity contribution is 5.95. The molecule has 1 saturated heterocycles. The van der Waals surface area contributed by atoms with E-state index in [1.807, 2.05) is 6.92 Å². The molecule has 5 amide bonds. The molecule has 436 valence electrons. The molecule has 1 fully saturated rings. The third kappa shape index (κ3) is 55.6. The van der Waals surface area contributed by atoms with Crippen molar-refractivity contribution in [1.29, 1.82) is 0 Å². The van der Waals surface area contributed by atoms with Crippen LogP contribution in [0.25, 0.3) is 0 Å². The van der Waals surface area contributed by atoms with Gasteiger partial charge < -0.3 is 76.3 Å². The Morgan fingerprint density at radius 2 is 0.959 bits per heavy atom. The van der Waals surface area contributed by atoms with Crippen molar-refractivity contribution in [2.24, 2.45) is 23.3 Å². The number of nitrogens with two attached hydrogens (primary N) is 2. The molecule has 3 atom stereocenters. The average Bonchev–Trinajstić information content (AvgIpc) is 3.69. The topological polar surface area (TPSA) is 299 Å². The third-order valence-electron chi connectivity index (χ3n) is 9.14. The van der Waals surface area contributed by atoms with E-state index < -0.39 is 49.4 Å². The zero-order chi connectivity index (χ0) is 57.5. The first kappa shape index (κ1) is 75.5. The van der Waals surface area contributed by atoms with E-state index in [1.165, 1.54) is 0 Å². The van der Waals surface area contributed by atoms with Crippen molar-refractivity contribution in [2.45, 2.75) is 109 Å². The zero-order valence-corrected chi connectivity index (χ0v) is 43.6. The van der Waals surface area contributed by atoms with Crippen molar-refractivity contribution < 1.29 is 99.1 Å². The van der Waals surface area contributed by atoms with Crippen LogP contribution >= 0.6 is 0 Å². The second kappa shape index (κ2) is 55.7. The number of alkyl halides is 7. The van der Waals surface area contributed by atoms with Crippen molar-refractivity contribution in [2.75, 3.05) is 134 Å². The first-order chi connectivity index (χ1) is 35.1. The van der Waals surface area contributed by atoms with Gasteiger partial charge in [0.1, 0.15) is 6.04 Å². The van der Waals surface area contributed by atoms with Crippen LogP contribution in [0.15, 0.2) is 0 Å². The summed E-state index contributed by atoms with van der Waals surface area (Å²) in [5.41, 5.74) is 10.6. The van der Waals surface area contributed by atoms with Gasteiger partial charge >= 0.3 is 36.2 Å². The molecule has 0 radical (unpaired) electrons. The van der Waals surface area contributed by atoms with Crippen LogP contribution < -0.4 is 38.1 Å². The smallest absolute Gasteiger partial charge is 0.400 e. The number of amides is 5. The van der Waals surface area contributed by atoms with E-state index in [1.54, 1.807) is 38.9 Å². The maximum atomic E-state index is 11.9. The van der Waals surface area contributed by atoms with Crippen LogP contribution in [-0.2, 0) is 57.1 Å². The number of hydrogen-bond donors (Lipinski definition) is 8. The first-order valence-corrected chi connectivity index (χ1v) is 23.8. The Morgan fingerprint density at radius 3 is 1.30 bits per heavy atom. The van der Waals surface area contributed by atoms with Crippen LogP contribution in [-0.4, -0.2) is 194 Å². The normalized spacial score (nSPS) is 13.6. The summed E-state index contributed by atoms with van der Waals surface area (Å²) >= 11 is 0. The summed E-state index contributed by atoms with van der Waals surface area (Å²) in [6, 6.07) is -0.754. The number of carbonyl (C=O) groups excluding carboxylic acids is 6. The number of alkyl carbamates (subject to hydrolysis) is 1. The lowest BCUT2D eigenvalue weighted by Crippen LogP contribution is -2.37. The quantitative estimate of drug-likeness (QED) is 0.0193. The second-order valence-corrected chi connectivity index (χ2v) is 15.2. The van der Waals surface area contributed by atoms with Gasteiger partial charge in [-0.2, -0.15) is 26.3 Å². The molecular weight excluding hydrogens is 996 g/mol. The van der Waals surface area contributed by atoms with E-state index >= 15 is 0 Å². The lowest BCUT2D eigenvalue weighted by molar-refractivity contribution is -0.173. The second-order valence-electron chi connectivity index (χ2n) is 15.2. The van der Waals surface area contributed by atoms with Crippen molar-refractivity contribution in [1.82, 2.24) is 26.6 Å². The Kier molecular flexibility index (Phi) is 57.6. The predicted molar refractivity (Wildman–Crippen MR) is 258 cm³/mol. The van der Waals surface area contributed by atoms with Crippen LogP contribution in [0.4, 0.5) is 35.5 Å². The maximum Gasteiger partial charge on any atom is 0.471 e. The molecule has 10 N–H and O–H groups in total. The Balaban J connectivity index is -0.000000288. The average molecular weight is 1090 g/mol. The minimum Gasteiger partial charge on any atom is -0.400 e. The van der Waals surface area contributed by atoms with Gasteiger partial charge in [-0.1, -0.05) is 26.7 Å². The van der Waals surface area contributed by atoms with E-state index in [2.05, 4.69) is 20.7 Å². The fraction of sp³-hybridized carbons (Fsp3) is 0.867. The molecule has 1 heterocycles. The third-order valence-corrected chi connectivity index (χ3v) is 9.14. The summed E-state index contributed by atoms with van der Waals surface area (Å²) in [5.74, 6) is -4.73. The number of carbonyl (C=O) groups is 6. The SMILES string of the molecule is CO.COCCOCCCN.COCCOCCCNC(=O)C(C)CCCCN.COCCOCCCNC(=O)C(C)CCCCNC(=O)C(F)(F)F.O=C1NC(CCCCNC(=O)C(F)(F)F)C(=O)O1.[2H]CF. The Labute approximate surface area is 427 Å². The van der Waals surface area contributed by atoms with E-state index in [9.17, 15) is 59.5 Å².